The van der Waals surface area contributed by atoms with Crippen molar-refractivity contribution in [3.05, 3.63) is 18.0 Å². The van der Waals surface area contributed by atoms with Crippen molar-refractivity contribution < 1.29 is 0 Å². The highest BCUT2D eigenvalue weighted by molar-refractivity contribution is 5.85. The molecule has 1 rings (SSSR count). The van der Waals surface area contributed by atoms with Gasteiger partial charge in [0, 0.05) is 18.4 Å². The van der Waals surface area contributed by atoms with E-state index in [2.05, 4.69) is 9.97 Å². The van der Waals surface area contributed by atoms with Gasteiger partial charge < -0.3 is 11.5 Å². The third kappa shape index (κ3) is 3.50. The number of halogens is 1. The van der Waals surface area contributed by atoms with E-state index in [4.69, 9.17) is 11.5 Å². The fourth-order valence-corrected chi connectivity index (χ4v) is 0.842. The summed E-state index contributed by atoms with van der Waals surface area (Å²) in [5, 5.41) is 0. The molecule has 0 aliphatic carbocycles. The van der Waals surface area contributed by atoms with Gasteiger partial charge in [-0.2, -0.15) is 0 Å². The van der Waals surface area contributed by atoms with Crippen LogP contribution in [0.4, 0.5) is 5.95 Å². The molecule has 1 aromatic heterocycles. The van der Waals surface area contributed by atoms with Crippen molar-refractivity contribution in [1.29, 1.82) is 0 Å². The van der Waals surface area contributed by atoms with Crippen molar-refractivity contribution in [3.8, 4) is 0 Å². The number of hydrogen-bond donors (Lipinski definition) is 2. The Bertz CT molecular complexity index is 221. The Morgan fingerprint density at radius 3 is 2.33 bits per heavy atom. The van der Waals surface area contributed by atoms with Crippen molar-refractivity contribution in [2.24, 2.45) is 5.73 Å². The first-order valence-electron chi connectivity index (χ1n) is 3.50. The van der Waals surface area contributed by atoms with E-state index in [0.717, 1.165) is 12.0 Å². The molecule has 0 spiro atoms. The van der Waals surface area contributed by atoms with Crippen LogP contribution in [0.2, 0.25) is 0 Å². The molecule has 1 unspecified atom stereocenters. The molecule has 68 valence electrons. The van der Waals surface area contributed by atoms with E-state index in [0.29, 0.717) is 5.95 Å². The number of aromatic nitrogens is 2. The molecule has 0 fully saturated rings. The topological polar surface area (TPSA) is 77.8 Å². The predicted octanol–water partition coefficient (Wildman–Crippen LogP) is 0.370. The second-order valence-electron chi connectivity index (χ2n) is 2.63. The molecule has 0 aromatic carbocycles. The Balaban J connectivity index is 0.00000121. The number of hydrogen-bond acceptors (Lipinski definition) is 4. The fourth-order valence-electron chi connectivity index (χ4n) is 0.842. The number of nitrogens with two attached hydrogens (primary N) is 2. The Hall–Kier alpha value is -0.870. The zero-order valence-electron chi connectivity index (χ0n) is 6.90. The van der Waals surface area contributed by atoms with Gasteiger partial charge >= 0.3 is 0 Å². The molecule has 0 aliphatic heterocycles. The van der Waals surface area contributed by atoms with Crippen LogP contribution in [0, 0.1) is 0 Å². The van der Waals surface area contributed by atoms with Crippen molar-refractivity contribution in [1.82, 2.24) is 9.97 Å². The molecule has 0 radical (unpaired) electrons. The van der Waals surface area contributed by atoms with E-state index in [9.17, 15) is 0 Å². The van der Waals surface area contributed by atoms with Crippen LogP contribution in [-0.4, -0.2) is 16.0 Å². The molecule has 4 N–H and O–H groups in total. The summed E-state index contributed by atoms with van der Waals surface area (Å²) in [4.78, 5) is 7.69. The van der Waals surface area contributed by atoms with Crippen molar-refractivity contribution in [2.75, 3.05) is 5.73 Å². The third-order valence-electron chi connectivity index (χ3n) is 1.28. The molecule has 4 nitrogen and oxygen atoms in total. The first-order valence-corrected chi connectivity index (χ1v) is 3.50. The normalized spacial score (nSPS) is 11.8. The molecule has 1 heterocycles. The fraction of sp³-hybridized carbons (Fsp3) is 0.429. The summed E-state index contributed by atoms with van der Waals surface area (Å²) in [5.41, 5.74) is 11.9. The summed E-state index contributed by atoms with van der Waals surface area (Å²) < 4.78 is 0. The average Bonchev–Trinajstić information content (AvgIpc) is 1.93. The zero-order chi connectivity index (χ0) is 8.27. The molecule has 12 heavy (non-hydrogen) atoms. The summed E-state index contributed by atoms with van der Waals surface area (Å²) in [5.74, 6) is 0.304. The van der Waals surface area contributed by atoms with Crippen LogP contribution < -0.4 is 11.5 Å². The van der Waals surface area contributed by atoms with Crippen LogP contribution in [-0.2, 0) is 6.42 Å². The minimum Gasteiger partial charge on any atom is -0.368 e. The van der Waals surface area contributed by atoms with Gasteiger partial charge in [0.15, 0.2) is 0 Å². The Labute approximate surface area is 77.8 Å². The second-order valence-corrected chi connectivity index (χ2v) is 2.63. The van der Waals surface area contributed by atoms with E-state index in [-0.39, 0.29) is 18.4 Å². The van der Waals surface area contributed by atoms with Gasteiger partial charge in [0.2, 0.25) is 5.95 Å². The van der Waals surface area contributed by atoms with Crippen molar-refractivity contribution in [3.63, 3.8) is 0 Å². The maximum absolute atomic E-state index is 5.58. The minimum absolute atomic E-state index is 0. The van der Waals surface area contributed by atoms with Gasteiger partial charge in [-0.3, -0.25) is 0 Å². The van der Waals surface area contributed by atoms with Gasteiger partial charge in [0.1, 0.15) is 0 Å². The number of rotatable bonds is 2. The summed E-state index contributed by atoms with van der Waals surface area (Å²) >= 11 is 0. The van der Waals surface area contributed by atoms with E-state index in [1.54, 1.807) is 12.4 Å². The average molecular weight is 189 g/mol. The highest BCUT2D eigenvalue weighted by Crippen LogP contribution is 1.99. The quantitative estimate of drug-likeness (QED) is 0.703. The van der Waals surface area contributed by atoms with Crippen LogP contribution in [0.1, 0.15) is 12.5 Å². The van der Waals surface area contributed by atoms with Gasteiger partial charge in [-0.15, -0.1) is 12.4 Å². The highest BCUT2D eigenvalue weighted by atomic mass is 35.5. The number of anilines is 1. The Morgan fingerprint density at radius 1 is 1.42 bits per heavy atom. The Morgan fingerprint density at radius 2 is 1.92 bits per heavy atom. The van der Waals surface area contributed by atoms with Gasteiger partial charge in [0.25, 0.3) is 0 Å². The first kappa shape index (κ1) is 11.1. The molecular formula is C7H13ClN4. The van der Waals surface area contributed by atoms with Gasteiger partial charge in [-0.1, -0.05) is 0 Å². The maximum atomic E-state index is 5.58. The zero-order valence-corrected chi connectivity index (χ0v) is 7.71. The molecule has 0 aliphatic rings. The summed E-state index contributed by atoms with van der Waals surface area (Å²) in [6.45, 7) is 1.94. The van der Waals surface area contributed by atoms with E-state index in [1.165, 1.54) is 0 Å². The van der Waals surface area contributed by atoms with Crippen LogP contribution in [0.3, 0.4) is 0 Å². The van der Waals surface area contributed by atoms with Crippen LogP contribution in [0.5, 0.6) is 0 Å². The number of nitrogens with zero attached hydrogens (tertiary/aromatic N) is 2. The number of nitrogen functional groups attached to an aromatic ring is 1. The van der Waals surface area contributed by atoms with Crippen LogP contribution >= 0.6 is 12.4 Å². The van der Waals surface area contributed by atoms with Gasteiger partial charge in [-0.05, 0) is 18.9 Å². The second kappa shape index (κ2) is 4.90. The largest absolute Gasteiger partial charge is 0.368 e. The molecule has 0 bridgehead atoms. The smallest absolute Gasteiger partial charge is 0.219 e. The van der Waals surface area contributed by atoms with Gasteiger partial charge in [0.05, 0.1) is 0 Å². The van der Waals surface area contributed by atoms with E-state index >= 15 is 0 Å². The lowest BCUT2D eigenvalue weighted by atomic mass is 10.1. The summed E-state index contributed by atoms with van der Waals surface area (Å²) in [6.07, 6.45) is 4.19. The molecule has 0 saturated heterocycles. The summed E-state index contributed by atoms with van der Waals surface area (Å²) in [7, 11) is 0. The molecule has 1 atom stereocenters. The van der Waals surface area contributed by atoms with Crippen molar-refractivity contribution in [2.45, 2.75) is 19.4 Å². The van der Waals surface area contributed by atoms with Gasteiger partial charge in [-0.25, -0.2) is 9.97 Å². The first-order chi connectivity index (χ1) is 5.18. The molecule has 1 aromatic rings. The minimum atomic E-state index is 0. The third-order valence-corrected chi connectivity index (χ3v) is 1.28. The lowest BCUT2D eigenvalue weighted by Gasteiger charge is -2.02. The lowest BCUT2D eigenvalue weighted by molar-refractivity contribution is 0.733. The monoisotopic (exact) mass is 188 g/mol. The summed E-state index contributed by atoms with van der Waals surface area (Å²) in [6, 6.07) is 0.141. The maximum Gasteiger partial charge on any atom is 0.219 e. The molecule has 0 amide bonds. The lowest BCUT2D eigenvalue weighted by Crippen LogP contribution is -2.18. The van der Waals surface area contributed by atoms with Crippen LogP contribution in [0.15, 0.2) is 12.4 Å². The predicted molar refractivity (Wildman–Crippen MR) is 51.0 cm³/mol. The molecule has 5 heteroatoms. The van der Waals surface area contributed by atoms with E-state index in [1.807, 2.05) is 6.92 Å². The standard InChI is InChI=1S/C7H12N4.ClH/c1-5(8)2-6-3-10-7(9)11-4-6;/h3-5H,2,8H2,1H3,(H2,9,10,11);1H. The highest BCUT2D eigenvalue weighted by Gasteiger charge is 1.97. The SMILES string of the molecule is CC(N)Cc1cnc(N)nc1.Cl. The van der Waals surface area contributed by atoms with Crippen LogP contribution in [0.25, 0.3) is 0 Å². The van der Waals surface area contributed by atoms with Crippen molar-refractivity contribution >= 4 is 18.4 Å². The van der Waals surface area contributed by atoms with E-state index < -0.39 is 0 Å². The molecule has 0 saturated carbocycles. The molecular weight excluding hydrogens is 176 g/mol. The Kier molecular flexibility index (Phi) is 4.54.